The van der Waals surface area contributed by atoms with Crippen LogP contribution in [0.3, 0.4) is 0 Å². The maximum Gasteiger partial charge on any atom is 0.202 e. The maximum atomic E-state index is 12.4. The number of ketones is 1. The second-order valence-corrected chi connectivity index (χ2v) is 4.67. The lowest BCUT2D eigenvalue weighted by Gasteiger charge is -2.16. The van der Waals surface area contributed by atoms with Crippen LogP contribution in [0.2, 0.25) is 0 Å². The number of rotatable bonds is 3. The van der Waals surface area contributed by atoms with Gasteiger partial charge >= 0.3 is 0 Å². The van der Waals surface area contributed by atoms with E-state index in [1.807, 2.05) is 0 Å². The highest BCUT2D eigenvalue weighted by molar-refractivity contribution is 6.15. The Kier molecular flexibility index (Phi) is 3.52. The third-order valence-electron chi connectivity index (χ3n) is 3.02. The fourth-order valence-corrected chi connectivity index (χ4v) is 1.94. The molecule has 0 fully saturated rings. The van der Waals surface area contributed by atoms with Crippen molar-refractivity contribution in [2.45, 2.75) is 0 Å². The number of nitrogens with zero attached hydrogens (tertiary/aromatic N) is 1. The molecule has 0 aliphatic rings. The summed E-state index contributed by atoms with van der Waals surface area (Å²) in [5.41, 5.74) is 6.82. The molecule has 0 bridgehead atoms. The highest BCUT2D eigenvalue weighted by Gasteiger charge is 2.20. The van der Waals surface area contributed by atoms with Crippen molar-refractivity contribution in [2.75, 3.05) is 24.7 Å². The van der Waals surface area contributed by atoms with Gasteiger partial charge in [-0.15, -0.1) is 0 Å². The van der Waals surface area contributed by atoms with Gasteiger partial charge in [0.2, 0.25) is 5.78 Å². The zero-order chi connectivity index (χ0) is 14.9. The van der Waals surface area contributed by atoms with Gasteiger partial charge in [0, 0.05) is 31.5 Å². The summed E-state index contributed by atoms with van der Waals surface area (Å²) in [7, 11) is 3.61. The van der Waals surface area contributed by atoms with Gasteiger partial charge in [-0.3, -0.25) is 4.79 Å². The van der Waals surface area contributed by atoms with Gasteiger partial charge in [0.15, 0.2) is 0 Å². The summed E-state index contributed by atoms with van der Waals surface area (Å²) in [5, 5.41) is 19.7. The number of phenols is 2. The number of hydrogen-bond donors (Lipinski definition) is 3. The Morgan fingerprint density at radius 2 is 1.75 bits per heavy atom. The summed E-state index contributed by atoms with van der Waals surface area (Å²) in [4.78, 5) is 14.1. The fourth-order valence-electron chi connectivity index (χ4n) is 1.94. The van der Waals surface area contributed by atoms with Crippen LogP contribution in [0.25, 0.3) is 0 Å². The molecule has 0 spiro atoms. The van der Waals surface area contributed by atoms with E-state index in [0.717, 1.165) is 0 Å². The Balaban J connectivity index is 2.54. The average Bonchev–Trinajstić information content (AvgIpc) is 2.38. The molecule has 5 heteroatoms. The molecule has 2 rings (SSSR count). The highest BCUT2D eigenvalue weighted by Crippen LogP contribution is 2.33. The van der Waals surface area contributed by atoms with Gasteiger partial charge < -0.3 is 20.8 Å². The van der Waals surface area contributed by atoms with Gasteiger partial charge in [-0.05, 0) is 18.2 Å². The van der Waals surface area contributed by atoms with Crippen LogP contribution in [0.5, 0.6) is 11.5 Å². The minimum absolute atomic E-state index is 0.00269. The van der Waals surface area contributed by atoms with Crippen molar-refractivity contribution >= 4 is 17.2 Å². The number of nitrogen functional groups attached to an aromatic ring is 1. The maximum absolute atomic E-state index is 12.4. The summed E-state index contributed by atoms with van der Waals surface area (Å²) >= 11 is 0. The molecular weight excluding hydrogens is 256 g/mol. The van der Waals surface area contributed by atoms with Crippen LogP contribution in [-0.4, -0.2) is 30.1 Å². The summed E-state index contributed by atoms with van der Waals surface area (Å²) in [5.74, 6) is -0.863. The molecular formula is C15H16N2O3. The third kappa shape index (κ3) is 2.38. The quantitative estimate of drug-likeness (QED) is 0.587. The van der Waals surface area contributed by atoms with E-state index < -0.39 is 5.78 Å². The number of para-hydroxylation sites is 1. The Morgan fingerprint density at radius 3 is 2.30 bits per heavy atom. The number of nitrogens with two attached hydrogens (primary N) is 1. The number of anilines is 2. The standard InChI is InChI=1S/C15H16N2O3/c1-17(2)9-7-11(16)14(13(19)8-9)15(20)10-5-3-4-6-12(10)18/h3-8,18-19H,16H2,1-2H3. The Hall–Kier alpha value is -2.69. The molecule has 0 aliphatic carbocycles. The van der Waals surface area contributed by atoms with E-state index >= 15 is 0 Å². The van der Waals surface area contributed by atoms with E-state index in [1.54, 1.807) is 37.2 Å². The smallest absolute Gasteiger partial charge is 0.202 e. The summed E-state index contributed by atoms with van der Waals surface area (Å²) < 4.78 is 0. The van der Waals surface area contributed by atoms with Crippen LogP contribution in [0.15, 0.2) is 36.4 Å². The van der Waals surface area contributed by atoms with Crippen LogP contribution < -0.4 is 10.6 Å². The van der Waals surface area contributed by atoms with Crippen molar-refractivity contribution in [3.63, 3.8) is 0 Å². The Morgan fingerprint density at radius 1 is 1.10 bits per heavy atom. The fraction of sp³-hybridized carbons (Fsp3) is 0.133. The first-order chi connectivity index (χ1) is 9.41. The summed E-state index contributed by atoms with van der Waals surface area (Å²) in [6.45, 7) is 0. The number of benzene rings is 2. The number of phenolic OH excluding ortho intramolecular Hbond substituents is 2. The Bertz CT molecular complexity index is 643. The molecule has 0 aromatic heterocycles. The minimum atomic E-state index is -0.511. The molecule has 5 nitrogen and oxygen atoms in total. The van der Waals surface area contributed by atoms with E-state index in [1.165, 1.54) is 18.2 Å². The lowest BCUT2D eigenvalue weighted by Crippen LogP contribution is -2.11. The van der Waals surface area contributed by atoms with E-state index in [4.69, 9.17) is 5.73 Å². The molecule has 0 unspecified atom stereocenters. The van der Waals surface area contributed by atoms with Gasteiger partial charge in [0.05, 0.1) is 11.1 Å². The molecule has 0 saturated carbocycles. The van der Waals surface area contributed by atoms with E-state index in [9.17, 15) is 15.0 Å². The van der Waals surface area contributed by atoms with Crippen LogP contribution >= 0.6 is 0 Å². The highest BCUT2D eigenvalue weighted by atomic mass is 16.3. The third-order valence-corrected chi connectivity index (χ3v) is 3.02. The van der Waals surface area contributed by atoms with Crippen LogP contribution in [0, 0.1) is 0 Å². The monoisotopic (exact) mass is 272 g/mol. The van der Waals surface area contributed by atoms with Crippen molar-refractivity contribution in [1.29, 1.82) is 0 Å². The topological polar surface area (TPSA) is 86.8 Å². The molecule has 20 heavy (non-hydrogen) atoms. The van der Waals surface area contributed by atoms with Crippen molar-refractivity contribution < 1.29 is 15.0 Å². The van der Waals surface area contributed by atoms with E-state index in [-0.39, 0.29) is 28.3 Å². The van der Waals surface area contributed by atoms with Crippen molar-refractivity contribution in [3.8, 4) is 11.5 Å². The van der Waals surface area contributed by atoms with Crippen molar-refractivity contribution in [1.82, 2.24) is 0 Å². The molecule has 0 radical (unpaired) electrons. The van der Waals surface area contributed by atoms with Crippen LogP contribution in [0.1, 0.15) is 15.9 Å². The average molecular weight is 272 g/mol. The zero-order valence-electron chi connectivity index (χ0n) is 11.3. The molecule has 0 atom stereocenters. The normalized spacial score (nSPS) is 10.3. The molecule has 2 aromatic carbocycles. The molecule has 0 amide bonds. The Labute approximate surface area is 116 Å². The lowest BCUT2D eigenvalue weighted by atomic mass is 9.99. The zero-order valence-corrected chi connectivity index (χ0v) is 11.3. The van der Waals surface area contributed by atoms with Gasteiger partial charge in [0.25, 0.3) is 0 Å². The predicted octanol–water partition coefficient (Wildman–Crippen LogP) is 1.98. The molecule has 104 valence electrons. The summed E-state index contributed by atoms with van der Waals surface area (Å²) in [6.07, 6.45) is 0. The van der Waals surface area contributed by atoms with Gasteiger partial charge in [-0.1, -0.05) is 12.1 Å². The second-order valence-electron chi connectivity index (χ2n) is 4.67. The minimum Gasteiger partial charge on any atom is -0.507 e. The van der Waals surface area contributed by atoms with Crippen molar-refractivity contribution in [3.05, 3.63) is 47.5 Å². The van der Waals surface area contributed by atoms with E-state index in [2.05, 4.69) is 0 Å². The molecule has 0 saturated heterocycles. The predicted molar refractivity (Wildman–Crippen MR) is 78.4 cm³/mol. The molecule has 4 N–H and O–H groups in total. The molecule has 0 heterocycles. The molecule has 0 aliphatic heterocycles. The number of aromatic hydroxyl groups is 2. The summed E-state index contributed by atoms with van der Waals surface area (Å²) in [6, 6.07) is 9.21. The van der Waals surface area contributed by atoms with Crippen molar-refractivity contribution in [2.24, 2.45) is 0 Å². The van der Waals surface area contributed by atoms with Gasteiger partial charge in [-0.25, -0.2) is 0 Å². The first-order valence-corrected chi connectivity index (χ1v) is 6.04. The van der Waals surface area contributed by atoms with Gasteiger partial charge in [-0.2, -0.15) is 0 Å². The van der Waals surface area contributed by atoms with Gasteiger partial charge in [0.1, 0.15) is 11.5 Å². The van der Waals surface area contributed by atoms with Crippen LogP contribution in [0.4, 0.5) is 11.4 Å². The first-order valence-electron chi connectivity index (χ1n) is 6.04. The first kappa shape index (κ1) is 13.7. The lowest BCUT2D eigenvalue weighted by molar-refractivity contribution is 0.103. The molecule has 2 aromatic rings. The van der Waals surface area contributed by atoms with Crippen LogP contribution in [-0.2, 0) is 0 Å². The second kappa shape index (κ2) is 5.13. The largest absolute Gasteiger partial charge is 0.507 e. The number of carbonyl (C=O) groups excluding carboxylic acids is 1. The number of carbonyl (C=O) groups is 1. The SMILES string of the molecule is CN(C)c1cc(N)c(C(=O)c2ccccc2O)c(O)c1. The van der Waals surface area contributed by atoms with E-state index in [0.29, 0.717) is 5.69 Å². The number of hydrogen-bond acceptors (Lipinski definition) is 5.